The molecule has 0 fully saturated rings. The van der Waals surface area contributed by atoms with E-state index in [1.165, 1.54) is 12.1 Å². The van der Waals surface area contributed by atoms with Crippen molar-refractivity contribution >= 4 is 43.6 Å². The van der Waals surface area contributed by atoms with Gasteiger partial charge in [0.05, 0.1) is 44.6 Å². The van der Waals surface area contributed by atoms with Gasteiger partial charge in [-0.05, 0) is 170 Å². The van der Waals surface area contributed by atoms with E-state index in [0.29, 0.717) is 148 Å². The molecule has 15 nitrogen and oxygen atoms in total. The van der Waals surface area contributed by atoms with Crippen LogP contribution in [0, 0.1) is 66.7 Å². The van der Waals surface area contributed by atoms with Gasteiger partial charge in [-0.1, -0.05) is 0 Å². The zero-order valence-electron chi connectivity index (χ0n) is 43.8. The molecule has 0 N–H and O–H groups in total. The van der Waals surface area contributed by atoms with Crippen LogP contribution in [0.25, 0.3) is 112 Å². The van der Waals surface area contributed by atoms with Crippen molar-refractivity contribution < 1.29 is 26.3 Å². The molecule has 0 atom stereocenters. The predicted molar refractivity (Wildman–Crippen MR) is 288 cm³/mol. The highest BCUT2D eigenvalue weighted by Gasteiger charge is 2.37. The molecule has 80 heavy (non-hydrogen) atoms. The smallest absolute Gasteiger partial charge is 0.308 e. The Hall–Kier alpha value is -9.97. The SMILES string of the molecule is Cc1nc(C)nc(-c2ccc3c(c2)c2cc(-c4nc(C)nc(C)n4)ccc2n3-c2cc(-c3cc(C(F)(F)F)cc(C(F)(F)F)c3)cc(-n3c4ccc(-c5nc(C)nc(C)n5)cc4c4cc(-c5nc(C)nc(C)n5)ccc43)c2C#N)n1. The molecule has 0 spiro atoms. The van der Waals surface area contributed by atoms with Crippen LogP contribution in [0.15, 0.2) is 103 Å². The largest absolute Gasteiger partial charge is 0.416 e. The monoisotopic (exact) mass is 1070 g/mol. The number of aryl methyl sites for hydroxylation is 8. The third-order valence-corrected chi connectivity index (χ3v) is 13.6. The molecule has 0 saturated heterocycles. The Morgan fingerprint density at radius 1 is 0.325 bits per heavy atom. The lowest BCUT2D eigenvalue weighted by Gasteiger charge is -2.20. The first kappa shape index (κ1) is 50.8. The lowest BCUT2D eigenvalue weighted by atomic mass is 9.96. The van der Waals surface area contributed by atoms with E-state index < -0.39 is 29.0 Å². The van der Waals surface area contributed by atoms with Crippen LogP contribution in [0.2, 0.25) is 0 Å². The topological polar surface area (TPSA) is 188 Å². The van der Waals surface area contributed by atoms with Gasteiger partial charge in [-0.15, -0.1) is 0 Å². The first-order valence-electron chi connectivity index (χ1n) is 24.9. The molecule has 0 radical (unpaired) electrons. The van der Waals surface area contributed by atoms with E-state index in [1.807, 2.05) is 48.5 Å². The summed E-state index contributed by atoms with van der Waals surface area (Å²) in [4.78, 5) is 54.5. The molecule has 12 aromatic rings. The standard InChI is InChI=1S/C59H41F6N15/c1-27-67-28(2)72-54(71-27)35-9-13-48-43(19-35)44-20-36(55-73-29(3)68-30(4)74-55)10-14-49(44)79(48)52-23-40(39-17-41(58(60,61)62)25-42(18-39)59(63,64)65)24-53(47(52)26-66)80-50-15-11-37(56-75-31(5)69-32(6)76-56)21-45(50)46-22-38(12-16-51(46)80)57-77-33(7)70-34(8)78-57/h9-25H,1-8H3. The second-order valence-corrected chi connectivity index (χ2v) is 19.4. The van der Waals surface area contributed by atoms with E-state index >= 15 is 0 Å². The highest BCUT2D eigenvalue weighted by molar-refractivity contribution is 6.13. The molecular formula is C59H41F6N15. The molecular weight excluding hydrogens is 1030 g/mol. The second kappa shape index (κ2) is 18.6. The van der Waals surface area contributed by atoms with Crippen molar-refractivity contribution in [2.45, 2.75) is 67.7 Å². The maximum absolute atomic E-state index is 14.8. The molecule has 12 rings (SSSR count). The van der Waals surface area contributed by atoms with Gasteiger partial charge >= 0.3 is 12.4 Å². The van der Waals surface area contributed by atoms with Crippen LogP contribution in [-0.2, 0) is 12.4 Å². The molecule has 6 aromatic carbocycles. The number of halogens is 6. The van der Waals surface area contributed by atoms with Crippen molar-refractivity contribution in [2.24, 2.45) is 0 Å². The van der Waals surface area contributed by atoms with Crippen molar-refractivity contribution in [3.05, 3.63) is 166 Å². The summed E-state index contributed by atoms with van der Waals surface area (Å²) in [6.45, 7) is 14.1. The molecule has 0 aliphatic heterocycles. The number of fused-ring (bicyclic) bond motifs is 6. The fourth-order valence-electron chi connectivity index (χ4n) is 10.5. The van der Waals surface area contributed by atoms with Crippen LogP contribution in [0.5, 0.6) is 0 Å². The minimum atomic E-state index is -5.17. The molecule has 21 heteroatoms. The van der Waals surface area contributed by atoms with Gasteiger partial charge < -0.3 is 9.13 Å². The molecule has 0 amide bonds. The van der Waals surface area contributed by atoms with Crippen LogP contribution >= 0.6 is 0 Å². The summed E-state index contributed by atoms with van der Waals surface area (Å²) >= 11 is 0. The van der Waals surface area contributed by atoms with Crippen molar-refractivity contribution in [3.8, 4) is 74.1 Å². The number of aromatic nitrogens is 14. The Kier molecular flexibility index (Phi) is 11.8. The quantitative estimate of drug-likeness (QED) is 0.137. The zero-order chi connectivity index (χ0) is 56.3. The number of hydrogen-bond donors (Lipinski definition) is 0. The Balaban J connectivity index is 1.22. The first-order valence-corrected chi connectivity index (χ1v) is 24.9. The van der Waals surface area contributed by atoms with Gasteiger partial charge in [0.2, 0.25) is 0 Å². The van der Waals surface area contributed by atoms with Crippen molar-refractivity contribution in [1.29, 1.82) is 5.26 Å². The molecule has 0 aliphatic carbocycles. The Labute approximate surface area is 450 Å². The Morgan fingerprint density at radius 3 is 0.812 bits per heavy atom. The lowest BCUT2D eigenvalue weighted by Crippen LogP contribution is -2.11. The number of benzene rings is 6. The molecule has 0 saturated carbocycles. The van der Waals surface area contributed by atoms with Gasteiger partial charge in [-0.3, -0.25) is 0 Å². The van der Waals surface area contributed by atoms with Crippen molar-refractivity contribution in [3.63, 3.8) is 0 Å². The third kappa shape index (κ3) is 9.03. The van der Waals surface area contributed by atoms with E-state index in [0.717, 1.165) is 0 Å². The number of nitrogens with zero attached hydrogens (tertiary/aromatic N) is 15. The minimum absolute atomic E-state index is 0.0237. The number of hydrogen-bond acceptors (Lipinski definition) is 13. The van der Waals surface area contributed by atoms with Gasteiger partial charge in [0.25, 0.3) is 0 Å². The summed E-state index contributed by atoms with van der Waals surface area (Å²) in [5.41, 5.74) is 1.39. The van der Waals surface area contributed by atoms with E-state index in [4.69, 9.17) is 0 Å². The maximum Gasteiger partial charge on any atom is 0.416 e. The van der Waals surface area contributed by atoms with Gasteiger partial charge in [-0.2, -0.15) is 31.6 Å². The van der Waals surface area contributed by atoms with Crippen molar-refractivity contribution in [2.75, 3.05) is 0 Å². The molecule has 0 aliphatic rings. The average Bonchev–Trinajstić information content (AvgIpc) is 4.15. The van der Waals surface area contributed by atoms with Gasteiger partial charge in [-0.25, -0.2) is 59.8 Å². The first-order chi connectivity index (χ1) is 38.1. The molecule has 6 heterocycles. The summed E-state index contributed by atoms with van der Waals surface area (Å²) in [5, 5.41) is 14.3. The molecule has 394 valence electrons. The van der Waals surface area contributed by atoms with E-state index in [-0.39, 0.29) is 28.6 Å². The molecule has 6 aromatic heterocycles. The number of rotatable bonds is 7. The second-order valence-electron chi connectivity index (χ2n) is 19.4. The predicted octanol–water partition coefficient (Wildman–Crippen LogP) is 13.3. The minimum Gasteiger partial charge on any atom is -0.308 e. The molecule has 0 unspecified atom stereocenters. The molecule has 0 bridgehead atoms. The Bertz CT molecular complexity index is 4070. The van der Waals surface area contributed by atoms with Gasteiger partial charge in [0, 0.05) is 43.8 Å². The third-order valence-electron chi connectivity index (χ3n) is 13.6. The number of nitriles is 1. The highest BCUT2D eigenvalue weighted by Crippen LogP contribution is 2.45. The fourth-order valence-corrected chi connectivity index (χ4v) is 10.5. The van der Waals surface area contributed by atoms with Crippen molar-refractivity contribution in [1.82, 2.24) is 68.9 Å². The van der Waals surface area contributed by atoms with E-state index in [9.17, 15) is 31.6 Å². The summed E-state index contributed by atoms with van der Waals surface area (Å²) in [6.07, 6.45) is -10.3. The summed E-state index contributed by atoms with van der Waals surface area (Å²) in [7, 11) is 0. The van der Waals surface area contributed by atoms with Crippen LogP contribution in [0.3, 0.4) is 0 Å². The summed E-state index contributed by atoms with van der Waals surface area (Å²) in [5.74, 6) is 5.52. The highest BCUT2D eigenvalue weighted by atomic mass is 19.4. The van der Waals surface area contributed by atoms with Crippen LogP contribution in [-0.4, -0.2) is 68.9 Å². The summed E-state index contributed by atoms with van der Waals surface area (Å²) < 4.78 is 92.4. The zero-order valence-corrected chi connectivity index (χ0v) is 43.8. The van der Waals surface area contributed by atoms with Gasteiger partial charge in [0.15, 0.2) is 23.3 Å². The average molecular weight is 1070 g/mol. The van der Waals surface area contributed by atoms with E-state index in [1.54, 1.807) is 88.8 Å². The van der Waals surface area contributed by atoms with Crippen LogP contribution < -0.4 is 0 Å². The number of alkyl halides is 6. The summed E-state index contributed by atoms with van der Waals surface area (Å²) in [6, 6.07) is 28.9. The maximum atomic E-state index is 14.8. The normalized spacial score (nSPS) is 12.1. The lowest BCUT2D eigenvalue weighted by molar-refractivity contribution is -0.143. The van der Waals surface area contributed by atoms with E-state index in [2.05, 4.69) is 65.9 Å². The van der Waals surface area contributed by atoms with Gasteiger partial charge in [0.1, 0.15) is 58.2 Å². The van der Waals surface area contributed by atoms with Crippen LogP contribution in [0.4, 0.5) is 26.3 Å². The van der Waals surface area contributed by atoms with Crippen LogP contribution in [0.1, 0.15) is 63.3 Å². The fraction of sp³-hybridized carbons (Fsp3) is 0.169. The Morgan fingerprint density at radius 2 is 0.575 bits per heavy atom.